The lowest BCUT2D eigenvalue weighted by atomic mass is 10.1. The van der Waals surface area contributed by atoms with Gasteiger partial charge in [-0.2, -0.15) is 0 Å². The van der Waals surface area contributed by atoms with Crippen molar-refractivity contribution in [3.63, 3.8) is 0 Å². The van der Waals surface area contributed by atoms with Crippen molar-refractivity contribution in [1.29, 1.82) is 0 Å². The molecule has 0 atom stereocenters. The fraction of sp³-hybridized carbons (Fsp3) is 0.368. The summed E-state index contributed by atoms with van der Waals surface area (Å²) >= 11 is 0. The third-order valence-corrected chi connectivity index (χ3v) is 3.66. The van der Waals surface area contributed by atoms with Gasteiger partial charge in [0.2, 0.25) is 0 Å². The Hall–Kier alpha value is -1.64. The van der Waals surface area contributed by atoms with Gasteiger partial charge in [0.05, 0.1) is 6.61 Å². The van der Waals surface area contributed by atoms with Crippen LogP contribution in [0, 0.1) is 0 Å². The van der Waals surface area contributed by atoms with Gasteiger partial charge in [0.1, 0.15) is 0 Å². The van der Waals surface area contributed by atoms with Gasteiger partial charge in [0.25, 0.3) is 0 Å². The number of rotatable bonds is 8. The summed E-state index contributed by atoms with van der Waals surface area (Å²) in [6, 6.07) is 17.3. The quantitative estimate of drug-likeness (QED) is 0.788. The molecule has 0 saturated heterocycles. The molecule has 21 heavy (non-hydrogen) atoms. The lowest BCUT2D eigenvalue weighted by Gasteiger charge is -2.11. The monoisotopic (exact) mass is 283 g/mol. The van der Waals surface area contributed by atoms with Crippen molar-refractivity contribution in [1.82, 2.24) is 5.32 Å². The van der Waals surface area contributed by atoms with E-state index < -0.39 is 0 Å². The second kappa shape index (κ2) is 8.60. The van der Waals surface area contributed by atoms with E-state index in [0.29, 0.717) is 6.61 Å². The van der Waals surface area contributed by atoms with E-state index in [4.69, 9.17) is 4.74 Å². The van der Waals surface area contributed by atoms with Gasteiger partial charge in [0, 0.05) is 19.7 Å². The van der Waals surface area contributed by atoms with Crippen LogP contribution in [0.5, 0.6) is 0 Å². The Morgan fingerprint density at radius 3 is 2.14 bits per heavy atom. The van der Waals surface area contributed by atoms with Crippen LogP contribution in [-0.4, -0.2) is 6.61 Å². The second-order valence-corrected chi connectivity index (χ2v) is 5.18. The number of aryl methyl sites for hydroxylation is 1. The molecule has 2 rings (SSSR count). The zero-order valence-electron chi connectivity index (χ0n) is 13.1. The maximum absolute atomic E-state index is 5.52. The van der Waals surface area contributed by atoms with E-state index in [1.165, 1.54) is 22.3 Å². The summed E-state index contributed by atoms with van der Waals surface area (Å²) in [7, 11) is 0. The number of hydrogen-bond donors (Lipinski definition) is 1. The smallest absolute Gasteiger partial charge is 0.0719 e. The first-order chi connectivity index (χ1) is 10.3. The van der Waals surface area contributed by atoms with Crippen LogP contribution in [0.25, 0.3) is 0 Å². The number of ether oxygens (including phenoxy) is 1. The van der Waals surface area contributed by atoms with E-state index in [0.717, 1.165) is 26.1 Å². The first kappa shape index (κ1) is 15.7. The molecule has 2 aromatic rings. The molecule has 2 heteroatoms. The summed E-state index contributed by atoms with van der Waals surface area (Å²) in [4.78, 5) is 0. The highest BCUT2D eigenvalue weighted by molar-refractivity contribution is 5.27. The van der Waals surface area contributed by atoms with Gasteiger partial charge >= 0.3 is 0 Å². The van der Waals surface area contributed by atoms with E-state index in [9.17, 15) is 0 Å². The molecule has 0 amide bonds. The normalized spacial score (nSPS) is 10.8. The SMILES string of the molecule is CCOCc1ccccc1CNCc1ccc(CC)cc1. The Balaban J connectivity index is 1.87. The van der Waals surface area contributed by atoms with Crippen molar-refractivity contribution >= 4 is 0 Å². The zero-order chi connectivity index (χ0) is 14.9. The summed E-state index contributed by atoms with van der Waals surface area (Å²) in [6.45, 7) is 7.43. The fourth-order valence-electron chi connectivity index (χ4n) is 2.32. The Bertz CT molecular complexity index is 534. The molecule has 0 aliphatic heterocycles. The van der Waals surface area contributed by atoms with Crippen LogP contribution in [0.15, 0.2) is 48.5 Å². The lowest BCUT2D eigenvalue weighted by molar-refractivity contribution is 0.133. The van der Waals surface area contributed by atoms with Crippen molar-refractivity contribution in [3.05, 3.63) is 70.8 Å². The Morgan fingerprint density at radius 1 is 0.810 bits per heavy atom. The van der Waals surface area contributed by atoms with Crippen LogP contribution in [0.1, 0.15) is 36.1 Å². The minimum Gasteiger partial charge on any atom is -0.377 e. The molecule has 0 spiro atoms. The summed E-state index contributed by atoms with van der Waals surface area (Å²) in [6.07, 6.45) is 1.10. The van der Waals surface area contributed by atoms with E-state index >= 15 is 0 Å². The van der Waals surface area contributed by atoms with E-state index in [1.54, 1.807) is 0 Å². The maximum atomic E-state index is 5.52. The highest BCUT2D eigenvalue weighted by Crippen LogP contribution is 2.11. The van der Waals surface area contributed by atoms with Gasteiger partial charge in [-0.3, -0.25) is 0 Å². The summed E-state index contributed by atoms with van der Waals surface area (Å²) in [5.74, 6) is 0. The minimum atomic E-state index is 0.694. The van der Waals surface area contributed by atoms with Gasteiger partial charge in [-0.1, -0.05) is 55.5 Å². The van der Waals surface area contributed by atoms with Crippen molar-refractivity contribution in [2.45, 2.75) is 40.0 Å². The Kier molecular flexibility index (Phi) is 6.45. The highest BCUT2D eigenvalue weighted by Gasteiger charge is 2.01. The second-order valence-electron chi connectivity index (χ2n) is 5.18. The van der Waals surface area contributed by atoms with E-state index in [2.05, 4.69) is 60.8 Å². The van der Waals surface area contributed by atoms with Crippen molar-refractivity contribution in [2.75, 3.05) is 6.61 Å². The number of benzene rings is 2. The van der Waals surface area contributed by atoms with Crippen LogP contribution in [0.4, 0.5) is 0 Å². The molecular formula is C19H25NO. The Labute approximate surface area is 128 Å². The van der Waals surface area contributed by atoms with Gasteiger partial charge in [-0.15, -0.1) is 0 Å². The summed E-state index contributed by atoms with van der Waals surface area (Å²) < 4.78 is 5.52. The topological polar surface area (TPSA) is 21.3 Å². The van der Waals surface area contributed by atoms with Gasteiger partial charge in [0.15, 0.2) is 0 Å². The van der Waals surface area contributed by atoms with Crippen LogP contribution in [0.3, 0.4) is 0 Å². The van der Waals surface area contributed by atoms with Crippen LogP contribution in [-0.2, 0) is 30.9 Å². The zero-order valence-corrected chi connectivity index (χ0v) is 13.1. The van der Waals surface area contributed by atoms with Crippen LogP contribution < -0.4 is 5.32 Å². The molecule has 112 valence electrons. The molecule has 1 N–H and O–H groups in total. The number of hydrogen-bond acceptors (Lipinski definition) is 2. The highest BCUT2D eigenvalue weighted by atomic mass is 16.5. The predicted octanol–water partition coefficient (Wildman–Crippen LogP) is 4.08. The molecule has 0 aliphatic carbocycles. The van der Waals surface area contributed by atoms with Crippen molar-refractivity contribution in [3.8, 4) is 0 Å². The largest absolute Gasteiger partial charge is 0.377 e. The third kappa shape index (κ3) is 5.00. The van der Waals surface area contributed by atoms with Crippen LogP contribution >= 0.6 is 0 Å². The molecule has 0 fully saturated rings. The molecule has 0 saturated carbocycles. The lowest BCUT2D eigenvalue weighted by Crippen LogP contribution is -2.14. The van der Waals surface area contributed by atoms with Crippen LogP contribution in [0.2, 0.25) is 0 Å². The minimum absolute atomic E-state index is 0.694. The summed E-state index contributed by atoms with van der Waals surface area (Å²) in [5.41, 5.74) is 5.31. The van der Waals surface area contributed by atoms with Crippen molar-refractivity contribution < 1.29 is 4.74 Å². The fourth-order valence-corrected chi connectivity index (χ4v) is 2.32. The standard InChI is InChI=1S/C19H25NO/c1-3-16-9-11-17(12-10-16)13-20-14-18-7-5-6-8-19(18)15-21-4-2/h5-12,20H,3-4,13-15H2,1-2H3. The first-order valence-electron chi connectivity index (χ1n) is 7.76. The van der Waals surface area contributed by atoms with Crippen molar-refractivity contribution in [2.24, 2.45) is 0 Å². The average molecular weight is 283 g/mol. The van der Waals surface area contributed by atoms with Gasteiger partial charge in [-0.25, -0.2) is 0 Å². The van der Waals surface area contributed by atoms with E-state index in [-0.39, 0.29) is 0 Å². The molecule has 0 unspecified atom stereocenters. The predicted molar refractivity (Wildman–Crippen MR) is 88.1 cm³/mol. The summed E-state index contributed by atoms with van der Waals surface area (Å²) in [5, 5.41) is 3.52. The first-order valence-corrected chi connectivity index (χ1v) is 7.76. The molecule has 0 aromatic heterocycles. The van der Waals surface area contributed by atoms with Gasteiger partial charge < -0.3 is 10.1 Å². The molecule has 0 bridgehead atoms. The average Bonchev–Trinajstić information content (AvgIpc) is 2.54. The molecule has 2 nitrogen and oxygen atoms in total. The molecule has 0 aliphatic rings. The molecule has 0 radical (unpaired) electrons. The maximum Gasteiger partial charge on any atom is 0.0719 e. The molecule has 0 heterocycles. The molecular weight excluding hydrogens is 258 g/mol. The van der Waals surface area contributed by atoms with E-state index in [1.807, 2.05) is 6.92 Å². The number of nitrogens with one attached hydrogen (secondary N) is 1. The third-order valence-electron chi connectivity index (χ3n) is 3.66. The Morgan fingerprint density at radius 2 is 1.48 bits per heavy atom. The van der Waals surface area contributed by atoms with Gasteiger partial charge in [-0.05, 0) is 35.6 Å². The molecule has 2 aromatic carbocycles.